The highest BCUT2D eigenvalue weighted by atomic mass is 32.1. The van der Waals surface area contributed by atoms with Gasteiger partial charge in [0.2, 0.25) is 0 Å². The molecule has 0 fully saturated rings. The molecular formula is C17H29N5O2S. The van der Waals surface area contributed by atoms with Crippen molar-refractivity contribution in [3.63, 3.8) is 0 Å². The Bertz CT molecular complexity index is 723. The van der Waals surface area contributed by atoms with Gasteiger partial charge in [0.25, 0.3) is 5.56 Å². The fraction of sp³-hybridized carbons (Fsp3) is 0.588. The van der Waals surface area contributed by atoms with E-state index in [9.17, 15) is 9.59 Å². The average Bonchev–Trinajstić information content (AvgIpc) is 2.55. The SMILES string of the molecule is C=C(C)CNC(=S)N(CCCC)c1c(N)n(CCCC)c(=O)[nH]c1=O. The maximum Gasteiger partial charge on any atom is 0.330 e. The number of nitrogens with zero attached hydrogens (tertiary/aromatic N) is 2. The molecule has 25 heavy (non-hydrogen) atoms. The van der Waals surface area contributed by atoms with Crippen LogP contribution in [0.5, 0.6) is 0 Å². The van der Waals surface area contributed by atoms with Crippen molar-refractivity contribution in [2.45, 2.75) is 53.0 Å². The first-order chi connectivity index (χ1) is 11.8. The van der Waals surface area contributed by atoms with E-state index in [1.54, 1.807) is 4.90 Å². The quantitative estimate of drug-likeness (QED) is 0.456. The van der Waals surface area contributed by atoms with Gasteiger partial charge in [-0.25, -0.2) is 4.79 Å². The molecule has 0 saturated carbocycles. The minimum atomic E-state index is -0.522. The van der Waals surface area contributed by atoms with Gasteiger partial charge in [-0.1, -0.05) is 38.8 Å². The molecule has 7 nitrogen and oxygen atoms in total. The van der Waals surface area contributed by atoms with Gasteiger partial charge < -0.3 is 16.0 Å². The molecule has 0 atom stereocenters. The van der Waals surface area contributed by atoms with Crippen molar-refractivity contribution in [3.8, 4) is 0 Å². The standard InChI is InChI=1S/C17H29N5O2S/c1-5-7-9-21(17(25)19-11-12(3)4)13-14(18)22(10-8-6-2)16(24)20-15(13)23/h3,5-11,18H2,1-2,4H3,(H,19,25)(H,20,23,24). The maximum atomic E-state index is 12.4. The van der Waals surface area contributed by atoms with E-state index in [1.807, 2.05) is 13.8 Å². The van der Waals surface area contributed by atoms with Crippen LogP contribution in [0.1, 0.15) is 46.5 Å². The van der Waals surface area contributed by atoms with Gasteiger partial charge in [0.1, 0.15) is 5.82 Å². The molecule has 1 rings (SSSR count). The zero-order valence-corrected chi connectivity index (χ0v) is 16.2. The molecule has 0 aromatic carbocycles. The van der Waals surface area contributed by atoms with Crippen molar-refractivity contribution in [1.29, 1.82) is 0 Å². The number of unbranched alkanes of at least 4 members (excludes halogenated alkanes) is 2. The van der Waals surface area contributed by atoms with E-state index in [-0.39, 0.29) is 11.5 Å². The number of H-pyrrole nitrogens is 1. The summed E-state index contributed by atoms with van der Waals surface area (Å²) in [7, 11) is 0. The molecule has 0 amide bonds. The number of hydrogen-bond donors (Lipinski definition) is 3. The number of aromatic amines is 1. The summed E-state index contributed by atoms with van der Waals surface area (Å²) < 4.78 is 1.40. The monoisotopic (exact) mass is 367 g/mol. The third kappa shape index (κ3) is 5.74. The van der Waals surface area contributed by atoms with Crippen LogP contribution >= 0.6 is 12.2 Å². The lowest BCUT2D eigenvalue weighted by Gasteiger charge is -2.27. The van der Waals surface area contributed by atoms with Crippen LogP contribution in [-0.4, -0.2) is 27.8 Å². The first-order valence-corrected chi connectivity index (χ1v) is 9.06. The van der Waals surface area contributed by atoms with E-state index >= 15 is 0 Å². The molecule has 0 aliphatic rings. The number of nitrogens with two attached hydrogens (primary N) is 1. The van der Waals surface area contributed by atoms with Crippen LogP contribution in [0.4, 0.5) is 11.5 Å². The van der Waals surface area contributed by atoms with Gasteiger partial charge in [0, 0.05) is 19.6 Å². The Labute approximate surface area is 153 Å². The highest BCUT2D eigenvalue weighted by Crippen LogP contribution is 2.18. The van der Waals surface area contributed by atoms with E-state index in [0.717, 1.165) is 31.3 Å². The highest BCUT2D eigenvalue weighted by Gasteiger charge is 2.21. The average molecular weight is 368 g/mol. The first kappa shape index (κ1) is 21.0. The fourth-order valence-electron chi connectivity index (χ4n) is 2.33. The molecule has 140 valence electrons. The lowest BCUT2D eigenvalue weighted by atomic mass is 10.3. The predicted octanol–water partition coefficient (Wildman–Crippen LogP) is 1.98. The molecule has 0 aliphatic heterocycles. The van der Waals surface area contributed by atoms with Gasteiger partial charge in [-0.05, 0) is 32.0 Å². The lowest BCUT2D eigenvalue weighted by Crippen LogP contribution is -2.46. The molecule has 0 saturated heterocycles. The molecule has 1 heterocycles. The lowest BCUT2D eigenvalue weighted by molar-refractivity contribution is 0.604. The van der Waals surface area contributed by atoms with Crippen molar-refractivity contribution in [1.82, 2.24) is 14.9 Å². The summed E-state index contributed by atoms with van der Waals surface area (Å²) >= 11 is 5.45. The van der Waals surface area contributed by atoms with E-state index in [4.69, 9.17) is 18.0 Å². The number of nitrogens with one attached hydrogen (secondary N) is 2. The summed E-state index contributed by atoms with van der Waals surface area (Å²) in [6.07, 6.45) is 3.48. The summed E-state index contributed by atoms with van der Waals surface area (Å²) in [5, 5.41) is 3.48. The first-order valence-electron chi connectivity index (χ1n) is 8.65. The van der Waals surface area contributed by atoms with Crippen LogP contribution in [0.15, 0.2) is 21.7 Å². The van der Waals surface area contributed by atoms with E-state index in [1.165, 1.54) is 4.57 Å². The summed E-state index contributed by atoms with van der Waals surface area (Å²) in [5.74, 6) is 0.151. The Morgan fingerprint density at radius 2 is 1.96 bits per heavy atom. The number of anilines is 2. The van der Waals surface area contributed by atoms with Crippen LogP contribution in [0.2, 0.25) is 0 Å². The normalized spacial score (nSPS) is 10.5. The molecule has 0 aliphatic carbocycles. The molecule has 1 aromatic rings. The van der Waals surface area contributed by atoms with Crippen molar-refractivity contribution < 1.29 is 0 Å². The van der Waals surface area contributed by atoms with Crippen LogP contribution in [0.3, 0.4) is 0 Å². The zero-order chi connectivity index (χ0) is 19.0. The zero-order valence-electron chi connectivity index (χ0n) is 15.4. The summed E-state index contributed by atoms with van der Waals surface area (Å²) in [6, 6.07) is 0. The topological polar surface area (TPSA) is 96.2 Å². The Morgan fingerprint density at radius 3 is 2.52 bits per heavy atom. The van der Waals surface area contributed by atoms with Crippen molar-refractivity contribution in [3.05, 3.63) is 33.0 Å². The van der Waals surface area contributed by atoms with Gasteiger partial charge in [0.15, 0.2) is 10.8 Å². The molecule has 8 heteroatoms. The molecule has 0 unspecified atom stereocenters. The van der Waals surface area contributed by atoms with Crippen LogP contribution in [0.25, 0.3) is 0 Å². The third-order valence-corrected chi connectivity index (χ3v) is 4.11. The van der Waals surface area contributed by atoms with Crippen LogP contribution in [-0.2, 0) is 6.54 Å². The van der Waals surface area contributed by atoms with Gasteiger partial charge >= 0.3 is 5.69 Å². The fourth-order valence-corrected chi connectivity index (χ4v) is 2.58. The van der Waals surface area contributed by atoms with E-state index < -0.39 is 11.2 Å². The molecular weight excluding hydrogens is 338 g/mol. The molecule has 1 aromatic heterocycles. The Morgan fingerprint density at radius 1 is 1.32 bits per heavy atom. The maximum absolute atomic E-state index is 12.4. The van der Waals surface area contributed by atoms with Crippen molar-refractivity contribution in [2.24, 2.45) is 0 Å². The molecule has 0 radical (unpaired) electrons. The number of hydrogen-bond acceptors (Lipinski definition) is 4. The Balaban J connectivity index is 3.32. The largest absolute Gasteiger partial charge is 0.383 e. The summed E-state index contributed by atoms with van der Waals surface area (Å²) in [5.41, 5.74) is 6.33. The smallest absolute Gasteiger partial charge is 0.330 e. The van der Waals surface area contributed by atoms with Gasteiger partial charge in [-0.2, -0.15) is 0 Å². The Kier molecular flexibility index (Phi) is 8.40. The summed E-state index contributed by atoms with van der Waals surface area (Å²) in [4.78, 5) is 28.6. The second kappa shape index (κ2) is 10.0. The van der Waals surface area contributed by atoms with Gasteiger partial charge in [-0.15, -0.1) is 0 Å². The highest BCUT2D eigenvalue weighted by molar-refractivity contribution is 7.80. The van der Waals surface area contributed by atoms with Crippen LogP contribution < -0.4 is 27.2 Å². The van der Waals surface area contributed by atoms with E-state index in [0.29, 0.717) is 24.7 Å². The van der Waals surface area contributed by atoms with E-state index in [2.05, 4.69) is 23.8 Å². The number of rotatable bonds is 9. The van der Waals surface area contributed by atoms with Crippen LogP contribution in [0, 0.1) is 0 Å². The minimum absolute atomic E-state index is 0.151. The second-order valence-electron chi connectivity index (χ2n) is 6.12. The summed E-state index contributed by atoms with van der Waals surface area (Å²) in [6.45, 7) is 11.3. The number of thiocarbonyl (C=S) groups is 1. The predicted molar refractivity (Wildman–Crippen MR) is 108 cm³/mol. The van der Waals surface area contributed by atoms with Crippen molar-refractivity contribution >= 4 is 28.8 Å². The number of nitrogen functional groups attached to an aromatic ring is 1. The Hall–Kier alpha value is -2.09. The molecule has 4 N–H and O–H groups in total. The van der Waals surface area contributed by atoms with Crippen molar-refractivity contribution in [2.75, 3.05) is 23.7 Å². The van der Waals surface area contributed by atoms with Gasteiger partial charge in [-0.3, -0.25) is 14.3 Å². The second-order valence-corrected chi connectivity index (χ2v) is 6.51. The van der Waals surface area contributed by atoms with Gasteiger partial charge in [0.05, 0.1) is 0 Å². The minimum Gasteiger partial charge on any atom is -0.383 e. The number of aromatic nitrogens is 2. The molecule has 0 spiro atoms. The molecule has 0 bridgehead atoms. The third-order valence-electron chi connectivity index (χ3n) is 3.74.